The zero-order valence-corrected chi connectivity index (χ0v) is 5.89. The molecule has 0 aliphatic rings. The monoisotopic (exact) mass is 236 g/mol. The first kappa shape index (κ1) is 114. The van der Waals surface area contributed by atoms with E-state index in [1.54, 1.807) is 0 Å². The second-order valence-electron chi connectivity index (χ2n) is 0. The van der Waals surface area contributed by atoms with Crippen molar-refractivity contribution in [2.45, 2.75) is 0 Å². The summed E-state index contributed by atoms with van der Waals surface area (Å²) in [4.78, 5) is 0. The molecule has 0 spiro atoms. The molecule has 0 saturated carbocycles. The van der Waals surface area contributed by atoms with Crippen LogP contribution in [-0.2, 0) is 38.8 Å². The Hall–Kier alpha value is 1.22. The molecule has 5 heavy (non-hydrogen) atoms. The first-order valence-corrected chi connectivity index (χ1v) is 0. The molecule has 0 amide bonds. The molecule has 0 aliphatic carbocycles. The summed E-state index contributed by atoms with van der Waals surface area (Å²) in [6, 6.07) is 0. The molecule has 3 nitrogen and oxygen atoms in total. The third-order valence-corrected chi connectivity index (χ3v) is 0. The summed E-state index contributed by atoms with van der Waals surface area (Å²) in [6.45, 7) is 0. The third kappa shape index (κ3) is 36.4. The van der Waals surface area contributed by atoms with Gasteiger partial charge >= 0.3 is 41.2 Å². The fraction of sp³-hybridized carbons (Fsp3) is 0. The Balaban J connectivity index is 0. The SMILES string of the molecule is [Li+].[O-2].[O-2].[O-2].[Ta+5]. The van der Waals surface area contributed by atoms with Gasteiger partial charge in [-0.15, -0.1) is 0 Å². The summed E-state index contributed by atoms with van der Waals surface area (Å²) >= 11 is 0. The summed E-state index contributed by atoms with van der Waals surface area (Å²) in [5.74, 6) is 0. The maximum absolute atomic E-state index is 0. The van der Waals surface area contributed by atoms with Gasteiger partial charge in [0.15, 0.2) is 0 Å². The topological polar surface area (TPSA) is 85.5 Å². The molecule has 0 aromatic rings. The predicted octanol–water partition coefficient (Wildman–Crippen LogP) is -3.35. The quantitative estimate of drug-likeness (QED) is 0.393. The summed E-state index contributed by atoms with van der Waals surface area (Å²) < 4.78 is 0. The van der Waals surface area contributed by atoms with Gasteiger partial charge in [0, 0.05) is 0 Å². The van der Waals surface area contributed by atoms with E-state index in [4.69, 9.17) is 0 Å². The Labute approximate surface area is 57.7 Å². The van der Waals surface area contributed by atoms with Crippen molar-refractivity contribution in [1.82, 2.24) is 0 Å². The molecule has 0 bridgehead atoms. The van der Waals surface area contributed by atoms with Crippen LogP contribution in [0.15, 0.2) is 0 Å². The van der Waals surface area contributed by atoms with Crippen molar-refractivity contribution >= 4 is 0 Å². The van der Waals surface area contributed by atoms with Gasteiger partial charge in [-0.2, -0.15) is 0 Å². The molecule has 0 aromatic heterocycles. The van der Waals surface area contributed by atoms with E-state index in [9.17, 15) is 0 Å². The summed E-state index contributed by atoms with van der Waals surface area (Å²) in [6.07, 6.45) is 0. The summed E-state index contributed by atoms with van der Waals surface area (Å²) in [7, 11) is 0. The van der Waals surface area contributed by atoms with Crippen molar-refractivity contribution in [3.63, 3.8) is 0 Å². The molecule has 0 unspecified atom stereocenters. The van der Waals surface area contributed by atoms with Crippen molar-refractivity contribution in [3.05, 3.63) is 0 Å². The van der Waals surface area contributed by atoms with Crippen LogP contribution in [0.2, 0.25) is 0 Å². The van der Waals surface area contributed by atoms with Crippen molar-refractivity contribution < 1.29 is 57.7 Å². The van der Waals surface area contributed by atoms with E-state index >= 15 is 0 Å². The number of rotatable bonds is 0. The number of hydrogen-bond acceptors (Lipinski definition) is 0. The van der Waals surface area contributed by atoms with Crippen molar-refractivity contribution in [2.75, 3.05) is 0 Å². The van der Waals surface area contributed by atoms with Gasteiger partial charge in [-0.3, -0.25) is 0 Å². The van der Waals surface area contributed by atoms with Crippen LogP contribution in [0.4, 0.5) is 0 Å². The molecule has 0 fully saturated rings. The first-order valence-electron chi connectivity index (χ1n) is 0. The smallest absolute Gasteiger partial charge is 2.00 e. The Bertz CT molecular complexity index is 6.85. The van der Waals surface area contributed by atoms with E-state index in [-0.39, 0.29) is 57.7 Å². The molecule has 0 aromatic carbocycles. The Kier molecular flexibility index (Phi) is 1430. The van der Waals surface area contributed by atoms with Crippen LogP contribution < -0.4 is 18.9 Å². The average molecular weight is 236 g/mol. The standard InChI is InChI=1S/Li.3O.Ta/q+1;3*-2;+5. The van der Waals surface area contributed by atoms with Gasteiger partial charge in [-0.1, -0.05) is 0 Å². The van der Waals surface area contributed by atoms with Crippen molar-refractivity contribution in [3.8, 4) is 0 Å². The second-order valence-corrected chi connectivity index (χ2v) is 0. The van der Waals surface area contributed by atoms with E-state index in [1.165, 1.54) is 0 Å². The fourth-order valence-electron chi connectivity index (χ4n) is 0. The van der Waals surface area contributed by atoms with Crippen LogP contribution in [0, 0.1) is 0 Å². The molecule has 24 valence electrons. The maximum Gasteiger partial charge on any atom is 5.00 e. The molecule has 0 saturated heterocycles. The molecule has 0 radical (unpaired) electrons. The molecular formula is LiO3Ta. The van der Waals surface area contributed by atoms with E-state index < -0.39 is 0 Å². The van der Waals surface area contributed by atoms with E-state index in [1.807, 2.05) is 0 Å². The van der Waals surface area contributed by atoms with Crippen LogP contribution in [0.1, 0.15) is 0 Å². The van der Waals surface area contributed by atoms with E-state index in [0.29, 0.717) is 0 Å². The first-order chi connectivity index (χ1) is 0. The fourth-order valence-corrected chi connectivity index (χ4v) is 0. The average Bonchev–Trinajstić information content (AvgIpc) is 0. The molecule has 0 N–H and O–H groups in total. The normalized spacial score (nSPS) is 0. The molecule has 0 aliphatic heterocycles. The van der Waals surface area contributed by atoms with Gasteiger partial charge in [-0.25, -0.2) is 0 Å². The van der Waals surface area contributed by atoms with Gasteiger partial charge in [0.2, 0.25) is 0 Å². The zero-order chi connectivity index (χ0) is 0. The minimum absolute atomic E-state index is 0. The molecule has 0 heterocycles. The van der Waals surface area contributed by atoms with Crippen LogP contribution in [-0.4, -0.2) is 0 Å². The zero-order valence-electron chi connectivity index (χ0n) is 2.67. The van der Waals surface area contributed by atoms with Gasteiger partial charge in [-0.05, 0) is 0 Å². The van der Waals surface area contributed by atoms with Crippen molar-refractivity contribution in [2.24, 2.45) is 0 Å². The molecule has 5 heteroatoms. The predicted molar refractivity (Wildman–Crippen MR) is 2.06 cm³/mol. The third-order valence-electron chi connectivity index (χ3n) is 0. The van der Waals surface area contributed by atoms with Crippen LogP contribution in [0.25, 0.3) is 0 Å². The Morgan fingerprint density at radius 2 is 0.600 bits per heavy atom. The van der Waals surface area contributed by atoms with E-state index in [0.717, 1.165) is 0 Å². The van der Waals surface area contributed by atoms with Crippen molar-refractivity contribution in [1.29, 1.82) is 0 Å². The van der Waals surface area contributed by atoms with Crippen LogP contribution >= 0.6 is 0 Å². The molecule has 0 atom stereocenters. The van der Waals surface area contributed by atoms with Gasteiger partial charge < -0.3 is 16.4 Å². The Morgan fingerprint density at radius 1 is 0.600 bits per heavy atom. The number of hydrogen-bond donors (Lipinski definition) is 0. The Morgan fingerprint density at radius 3 is 0.600 bits per heavy atom. The minimum atomic E-state index is 0. The maximum atomic E-state index is 0. The second kappa shape index (κ2) is 62.6. The minimum Gasteiger partial charge on any atom is -2.00 e. The molecular weight excluding hydrogens is 236 g/mol. The van der Waals surface area contributed by atoms with E-state index in [2.05, 4.69) is 0 Å². The summed E-state index contributed by atoms with van der Waals surface area (Å²) in [5.41, 5.74) is 0. The van der Waals surface area contributed by atoms with Gasteiger partial charge in [0.05, 0.1) is 0 Å². The van der Waals surface area contributed by atoms with Gasteiger partial charge in [0.25, 0.3) is 0 Å². The van der Waals surface area contributed by atoms with Crippen LogP contribution in [0.3, 0.4) is 0 Å². The van der Waals surface area contributed by atoms with Crippen LogP contribution in [0.5, 0.6) is 0 Å². The largest absolute Gasteiger partial charge is 5.00 e. The van der Waals surface area contributed by atoms with Gasteiger partial charge in [0.1, 0.15) is 0 Å². The molecule has 0 rings (SSSR count). The summed E-state index contributed by atoms with van der Waals surface area (Å²) in [5, 5.41) is 0.